The SMILES string of the molecule is CCCCc1ccc(NC(=S)NC(=O)CCCOc2ccccc2)cc1. The van der Waals surface area contributed by atoms with Crippen LogP contribution in [-0.4, -0.2) is 17.6 Å². The van der Waals surface area contributed by atoms with Gasteiger partial charge < -0.3 is 15.4 Å². The molecule has 0 atom stereocenters. The number of ether oxygens (including phenoxy) is 1. The number of hydrogen-bond acceptors (Lipinski definition) is 3. The molecule has 2 aromatic carbocycles. The van der Waals surface area contributed by atoms with Crippen molar-refractivity contribution in [2.24, 2.45) is 0 Å². The minimum atomic E-state index is -0.112. The van der Waals surface area contributed by atoms with Crippen molar-refractivity contribution >= 4 is 28.9 Å². The summed E-state index contributed by atoms with van der Waals surface area (Å²) in [5.74, 6) is 0.700. The highest BCUT2D eigenvalue weighted by molar-refractivity contribution is 7.80. The second-order valence-corrected chi connectivity index (χ2v) is 6.48. The van der Waals surface area contributed by atoms with E-state index >= 15 is 0 Å². The molecule has 0 unspecified atom stereocenters. The number of amides is 1. The number of anilines is 1. The van der Waals surface area contributed by atoms with Gasteiger partial charge in [-0.15, -0.1) is 0 Å². The third-order valence-electron chi connectivity index (χ3n) is 3.84. The molecule has 2 N–H and O–H groups in total. The van der Waals surface area contributed by atoms with E-state index in [2.05, 4.69) is 29.7 Å². The van der Waals surface area contributed by atoms with Crippen LogP contribution < -0.4 is 15.4 Å². The maximum atomic E-state index is 11.9. The van der Waals surface area contributed by atoms with Gasteiger partial charge in [-0.25, -0.2) is 0 Å². The molecule has 0 aliphatic heterocycles. The summed E-state index contributed by atoms with van der Waals surface area (Å²) in [7, 11) is 0. The van der Waals surface area contributed by atoms with Gasteiger partial charge in [-0.2, -0.15) is 0 Å². The fraction of sp³-hybridized carbons (Fsp3) is 0.333. The molecule has 4 nitrogen and oxygen atoms in total. The highest BCUT2D eigenvalue weighted by atomic mass is 32.1. The van der Waals surface area contributed by atoms with Crippen LogP contribution in [0.2, 0.25) is 0 Å². The van der Waals surface area contributed by atoms with Crippen molar-refractivity contribution in [3.05, 3.63) is 60.2 Å². The Labute approximate surface area is 161 Å². The number of carbonyl (C=O) groups excluding carboxylic acids is 1. The summed E-state index contributed by atoms with van der Waals surface area (Å²) in [6.45, 7) is 2.68. The number of benzene rings is 2. The van der Waals surface area contributed by atoms with E-state index in [1.54, 1.807) is 0 Å². The molecule has 5 heteroatoms. The number of para-hydroxylation sites is 1. The van der Waals surface area contributed by atoms with Gasteiger partial charge in [0.05, 0.1) is 6.61 Å². The van der Waals surface area contributed by atoms with Crippen LogP contribution in [0.1, 0.15) is 38.2 Å². The number of rotatable bonds is 9. The molecule has 0 bridgehead atoms. The van der Waals surface area contributed by atoms with E-state index in [1.165, 1.54) is 18.4 Å². The van der Waals surface area contributed by atoms with E-state index in [0.29, 0.717) is 24.6 Å². The Bertz CT molecular complexity index is 687. The van der Waals surface area contributed by atoms with Gasteiger partial charge in [0.15, 0.2) is 5.11 Å². The molecule has 0 heterocycles. The Hall–Kier alpha value is -2.40. The Morgan fingerprint density at radius 3 is 2.46 bits per heavy atom. The molecule has 0 aromatic heterocycles. The van der Waals surface area contributed by atoms with Gasteiger partial charge in [-0.1, -0.05) is 43.7 Å². The number of nitrogens with one attached hydrogen (secondary N) is 2. The van der Waals surface area contributed by atoms with Crippen molar-refractivity contribution in [2.75, 3.05) is 11.9 Å². The van der Waals surface area contributed by atoms with Crippen LogP contribution in [0.25, 0.3) is 0 Å². The third kappa shape index (κ3) is 7.66. The van der Waals surface area contributed by atoms with E-state index in [9.17, 15) is 4.79 Å². The summed E-state index contributed by atoms with van der Waals surface area (Å²) >= 11 is 5.20. The first-order valence-electron chi connectivity index (χ1n) is 9.05. The summed E-state index contributed by atoms with van der Waals surface area (Å²) in [6.07, 6.45) is 4.46. The zero-order valence-corrected chi connectivity index (χ0v) is 16.0. The van der Waals surface area contributed by atoms with Crippen molar-refractivity contribution in [2.45, 2.75) is 39.0 Å². The second kappa shape index (κ2) is 11.3. The third-order valence-corrected chi connectivity index (χ3v) is 4.05. The molecule has 0 aliphatic rings. The lowest BCUT2D eigenvalue weighted by Gasteiger charge is -2.10. The molecule has 0 fully saturated rings. The van der Waals surface area contributed by atoms with Crippen LogP contribution in [0.4, 0.5) is 5.69 Å². The maximum absolute atomic E-state index is 11.9. The predicted molar refractivity (Wildman–Crippen MR) is 111 cm³/mol. The molecule has 138 valence electrons. The largest absolute Gasteiger partial charge is 0.494 e. The van der Waals surface area contributed by atoms with E-state index in [-0.39, 0.29) is 5.91 Å². The second-order valence-electron chi connectivity index (χ2n) is 6.07. The van der Waals surface area contributed by atoms with Gasteiger partial charge in [0.2, 0.25) is 5.91 Å². The average Bonchev–Trinajstić information content (AvgIpc) is 2.65. The lowest BCUT2D eigenvalue weighted by molar-refractivity contribution is -0.119. The Morgan fingerprint density at radius 1 is 1.04 bits per heavy atom. The van der Waals surface area contributed by atoms with Crippen molar-refractivity contribution in [3.8, 4) is 5.75 Å². The number of thiocarbonyl (C=S) groups is 1. The Balaban J connectivity index is 1.64. The van der Waals surface area contributed by atoms with E-state index < -0.39 is 0 Å². The number of aryl methyl sites for hydroxylation is 1. The molecule has 0 aliphatic carbocycles. The minimum Gasteiger partial charge on any atom is -0.494 e. The topological polar surface area (TPSA) is 50.4 Å². The van der Waals surface area contributed by atoms with Crippen LogP contribution in [0.15, 0.2) is 54.6 Å². The van der Waals surface area contributed by atoms with Crippen LogP contribution >= 0.6 is 12.2 Å². The van der Waals surface area contributed by atoms with Crippen LogP contribution in [0.3, 0.4) is 0 Å². The zero-order valence-electron chi connectivity index (χ0n) is 15.2. The lowest BCUT2D eigenvalue weighted by atomic mass is 10.1. The number of hydrogen-bond donors (Lipinski definition) is 2. The smallest absolute Gasteiger partial charge is 0.226 e. The summed E-state index contributed by atoms with van der Waals surface area (Å²) in [5, 5.41) is 6.06. The molecule has 0 saturated heterocycles. The first-order valence-corrected chi connectivity index (χ1v) is 9.46. The summed E-state index contributed by atoms with van der Waals surface area (Å²) in [4.78, 5) is 11.9. The van der Waals surface area contributed by atoms with E-state index in [4.69, 9.17) is 17.0 Å². The molecular weight excluding hydrogens is 344 g/mol. The van der Waals surface area contributed by atoms with Gasteiger partial charge in [0.25, 0.3) is 0 Å². The fourth-order valence-corrected chi connectivity index (χ4v) is 2.66. The first-order chi connectivity index (χ1) is 12.7. The standard InChI is InChI=1S/C21H26N2O2S/c1-2-3-8-17-12-14-18(15-13-17)22-21(26)23-20(24)11-7-16-25-19-9-5-4-6-10-19/h4-6,9-10,12-15H,2-3,7-8,11,16H2,1H3,(H2,22,23,24,26). The van der Waals surface area contributed by atoms with Gasteiger partial charge in [-0.3, -0.25) is 4.79 Å². The van der Waals surface area contributed by atoms with Gasteiger partial charge in [0.1, 0.15) is 5.75 Å². The fourth-order valence-electron chi connectivity index (χ4n) is 2.43. The van der Waals surface area contributed by atoms with Crippen molar-refractivity contribution < 1.29 is 9.53 Å². The predicted octanol–water partition coefficient (Wildman–Crippen LogP) is 4.70. The highest BCUT2D eigenvalue weighted by Crippen LogP contribution is 2.12. The lowest BCUT2D eigenvalue weighted by Crippen LogP contribution is -2.34. The quantitative estimate of drug-likeness (QED) is 0.496. The van der Waals surface area contributed by atoms with Crippen LogP contribution in [0.5, 0.6) is 5.75 Å². The number of carbonyl (C=O) groups is 1. The maximum Gasteiger partial charge on any atom is 0.226 e. The van der Waals surface area contributed by atoms with E-state index in [1.807, 2.05) is 42.5 Å². The number of unbranched alkanes of at least 4 members (excludes halogenated alkanes) is 1. The molecular formula is C21H26N2O2S. The van der Waals surface area contributed by atoms with Crippen molar-refractivity contribution in [1.82, 2.24) is 5.32 Å². The van der Waals surface area contributed by atoms with E-state index in [0.717, 1.165) is 17.9 Å². The monoisotopic (exact) mass is 370 g/mol. The molecule has 0 spiro atoms. The molecule has 1 amide bonds. The van der Waals surface area contributed by atoms with Crippen LogP contribution in [-0.2, 0) is 11.2 Å². The van der Waals surface area contributed by atoms with Gasteiger partial charge >= 0.3 is 0 Å². The first kappa shape index (κ1) is 19.9. The molecule has 26 heavy (non-hydrogen) atoms. The molecule has 2 rings (SSSR count). The summed E-state index contributed by atoms with van der Waals surface area (Å²) in [5.41, 5.74) is 2.19. The minimum absolute atomic E-state index is 0.112. The average molecular weight is 371 g/mol. The van der Waals surface area contributed by atoms with Crippen LogP contribution in [0, 0.1) is 0 Å². The van der Waals surface area contributed by atoms with Gasteiger partial charge in [-0.05, 0) is 61.3 Å². The molecule has 2 aromatic rings. The normalized spacial score (nSPS) is 10.2. The van der Waals surface area contributed by atoms with Crippen molar-refractivity contribution in [3.63, 3.8) is 0 Å². The molecule has 0 saturated carbocycles. The molecule has 0 radical (unpaired) electrons. The Kier molecular flexibility index (Phi) is 8.63. The zero-order chi connectivity index (χ0) is 18.6. The summed E-state index contributed by atoms with van der Waals surface area (Å²) < 4.78 is 5.57. The van der Waals surface area contributed by atoms with Gasteiger partial charge in [0, 0.05) is 12.1 Å². The summed E-state index contributed by atoms with van der Waals surface area (Å²) in [6, 6.07) is 17.7. The Morgan fingerprint density at radius 2 is 1.77 bits per heavy atom. The highest BCUT2D eigenvalue weighted by Gasteiger charge is 2.05. The van der Waals surface area contributed by atoms with Crippen molar-refractivity contribution in [1.29, 1.82) is 0 Å².